The molecule has 1 unspecified atom stereocenters. The molecule has 1 amide bonds. The van der Waals surface area contributed by atoms with Gasteiger partial charge in [0.15, 0.2) is 9.84 Å². The van der Waals surface area contributed by atoms with Gasteiger partial charge in [0.25, 0.3) is 0 Å². The Kier molecular flexibility index (Phi) is 7.22. The van der Waals surface area contributed by atoms with E-state index in [9.17, 15) is 13.2 Å². The molecule has 1 aromatic rings. The van der Waals surface area contributed by atoms with Crippen molar-refractivity contribution in [1.82, 2.24) is 4.90 Å². The highest BCUT2D eigenvalue weighted by atomic mass is 32.2. The molecule has 0 radical (unpaired) electrons. The van der Waals surface area contributed by atoms with Gasteiger partial charge in [-0.15, -0.1) is 0 Å². The van der Waals surface area contributed by atoms with Crippen molar-refractivity contribution >= 4 is 15.9 Å². The molecule has 7 heteroatoms. The first-order chi connectivity index (χ1) is 13.8. The van der Waals surface area contributed by atoms with Crippen molar-refractivity contribution in [2.75, 3.05) is 26.0 Å². The van der Waals surface area contributed by atoms with Crippen molar-refractivity contribution in [2.24, 2.45) is 17.8 Å². The molecule has 0 aromatic heterocycles. The Morgan fingerprint density at radius 1 is 1.21 bits per heavy atom. The molecule has 2 fully saturated rings. The van der Waals surface area contributed by atoms with Crippen molar-refractivity contribution in [3.8, 4) is 0 Å². The number of ether oxygens (including phenoxy) is 2. The Balaban J connectivity index is 1.34. The molecule has 3 rings (SSSR count). The predicted molar refractivity (Wildman–Crippen MR) is 111 cm³/mol. The van der Waals surface area contributed by atoms with Crippen LogP contribution in [0.4, 0.5) is 4.79 Å². The molecule has 0 N–H and O–H groups in total. The van der Waals surface area contributed by atoms with Gasteiger partial charge < -0.3 is 14.4 Å². The summed E-state index contributed by atoms with van der Waals surface area (Å²) in [5.41, 5.74) is 0.989. The third kappa shape index (κ3) is 6.19. The van der Waals surface area contributed by atoms with Crippen LogP contribution in [-0.2, 0) is 25.9 Å². The summed E-state index contributed by atoms with van der Waals surface area (Å²) in [4.78, 5) is 14.3. The van der Waals surface area contributed by atoms with Crippen LogP contribution in [0.25, 0.3) is 0 Å². The van der Waals surface area contributed by atoms with Gasteiger partial charge in [-0.25, -0.2) is 13.2 Å². The fraction of sp³-hybridized carbons (Fsp3) is 0.682. The number of nitrogens with zero attached hydrogens (tertiary/aromatic N) is 1. The van der Waals surface area contributed by atoms with Crippen LogP contribution in [0.15, 0.2) is 29.2 Å². The van der Waals surface area contributed by atoms with Crippen LogP contribution in [0.3, 0.4) is 0 Å². The SMILES string of the molecule is CCC(C)OC(=O)N1CCC([C@H]2C[C@H]2COCc2ccc(S(C)(=O)=O)cc2)CC1. The van der Waals surface area contributed by atoms with E-state index in [-0.39, 0.29) is 12.2 Å². The molecule has 1 saturated carbocycles. The second-order valence-corrected chi connectivity index (χ2v) is 10.5. The van der Waals surface area contributed by atoms with E-state index < -0.39 is 9.84 Å². The van der Waals surface area contributed by atoms with Crippen LogP contribution >= 0.6 is 0 Å². The Labute approximate surface area is 174 Å². The summed E-state index contributed by atoms with van der Waals surface area (Å²) in [5, 5.41) is 0. The van der Waals surface area contributed by atoms with Crippen LogP contribution < -0.4 is 0 Å². The fourth-order valence-electron chi connectivity index (χ4n) is 4.04. The van der Waals surface area contributed by atoms with Gasteiger partial charge >= 0.3 is 6.09 Å². The van der Waals surface area contributed by atoms with Gasteiger partial charge in [-0.1, -0.05) is 19.1 Å². The van der Waals surface area contributed by atoms with Crippen molar-refractivity contribution in [3.05, 3.63) is 29.8 Å². The normalized spacial score (nSPS) is 23.6. The Bertz CT molecular complexity index is 784. The van der Waals surface area contributed by atoms with E-state index >= 15 is 0 Å². The number of carbonyl (C=O) groups excluding carboxylic acids is 1. The lowest BCUT2D eigenvalue weighted by molar-refractivity contribution is 0.0548. The number of hydrogen-bond acceptors (Lipinski definition) is 5. The minimum atomic E-state index is -3.15. The molecule has 1 aliphatic heterocycles. The monoisotopic (exact) mass is 423 g/mol. The lowest BCUT2D eigenvalue weighted by Crippen LogP contribution is -2.40. The molecule has 1 aromatic carbocycles. The standard InChI is InChI=1S/C22H33NO5S/c1-4-16(2)28-22(24)23-11-9-18(10-12-23)21-13-19(21)15-27-14-17-5-7-20(8-6-17)29(3,25)26/h5-8,16,18-19,21H,4,9-15H2,1-3H3/t16?,19-,21+/m0/s1. The maximum Gasteiger partial charge on any atom is 0.410 e. The zero-order chi connectivity index (χ0) is 21.0. The quantitative estimate of drug-likeness (QED) is 0.634. The van der Waals surface area contributed by atoms with E-state index in [1.54, 1.807) is 12.1 Å². The second-order valence-electron chi connectivity index (χ2n) is 8.52. The van der Waals surface area contributed by atoms with Crippen LogP contribution in [0.5, 0.6) is 0 Å². The smallest absolute Gasteiger partial charge is 0.410 e. The summed E-state index contributed by atoms with van der Waals surface area (Å²) >= 11 is 0. The van der Waals surface area contributed by atoms with E-state index in [1.165, 1.54) is 12.7 Å². The van der Waals surface area contributed by atoms with Crippen LogP contribution in [0, 0.1) is 17.8 Å². The molecule has 0 bridgehead atoms. The lowest BCUT2D eigenvalue weighted by atomic mass is 9.91. The highest BCUT2D eigenvalue weighted by Crippen LogP contribution is 2.48. The number of sulfone groups is 1. The summed E-state index contributed by atoms with van der Waals surface area (Å²) in [6, 6.07) is 6.89. The number of amides is 1. The zero-order valence-corrected chi connectivity index (χ0v) is 18.5. The predicted octanol–water partition coefficient (Wildman–Crippen LogP) is 3.89. The van der Waals surface area contributed by atoms with Gasteiger partial charge in [-0.3, -0.25) is 0 Å². The second kappa shape index (κ2) is 9.47. The highest BCUT2D eigenvalue weighted by molar-refractivity contribution is 7.90. The van der Waals surface area contributed by atoms with E-state index in [4.69, 9.17) is 9.47 Å². The van der Waals surface area contributed by atoms with E-state index in [1.807, 2.05) is 30.9 Å². The average molecular weight is 424 g/mol. The molecule has 0 spiro atoms. The molecule has 1 heterocycles. The maximum atomic E-state index is 12.1. The largest absolute Gasteiger partial charge is 0.446 e. The number of likely N-dealkylation sites (tertiary alicyclic amines) is 1. The van der Waals surface area contributed by atoms with Crippen molar-refractivity contribution in [1.29, 1.82) is 0 Å². The zero-order valence-electron chi connectivity index (χ0n) is 17.7. The first-order valence-corrected chi connectivity index (χ1v) is 12.5. The minimum Gasteiger partial charge on any atom is -0.446 e. The third-order valence-electron chi connectivity index (χ3n) is 6.21. The Morgan fingerprint density at radius 3 is 2.45 bits per heavy atom. The highest BCUT2D eigenvalue weighted by Gasteiger charge is 2.44. The number of benzene rings is 1. The summed E-state index contributed by atoms with van der Waals surface area (Å²) in [6.07, 6.45) is 5.16. The van der Waals surface area contributed by atoms with Gasteiger partial charge in [-0.2, -0.15) is 0 Å². The lowest BCUT2D eigenvalue weighted by Gasteiger charge is -2.32. The van der Waals surface area contributed by atoms with Crippen molar-refractivity contribution in [2.45, 2.75) is 57.1 Å². The average Bonchev–Trinajstić information content (AvgIpc) is 3.47. The van der Waals surface area contributed by atoms with Gasteiger partial charge in [0.05, 0.1) is 18.1 Å². The molecule has 29 heavy (non-hydrogen) atoms. The van der Waals surface area contributed by atoms with Gasteiger partial charge in [-0.05, 0) is 68.1 Å². The summed E-state index contributed by atoms with van der Waals surface area (Å²) in [7, 11) is -3.15. The van der Waals surface area contributed by atoms with Crippen LogP contribution in [0.2, 0.25) is 0 Å². The van der Waals surface area contributed by atoms with Crippen molar-refractivity contribution < 1.29 is 22.7 Å². The van der Waals surface area contributed by atoms with E-state index in [0.717, 1.165) is 44.5 Å². The Hall–Kier alpha value is -1.60. The molecule has 1 aliphatic carbocycles. The number of rotatable bonds is 8. The third-order valence-corrected chi connectivity index (χ3v) is 7.34. The maximum absolute atomic E-state index is 12.1. The van der Waals surface area contributed by atoms with Gasteiger partial charge in [0.1, 0.15) is 6.10 Å². The van der Waals surface area contributed by atoms with Gasteiger partial charge in [0, 0.05) is 19.3 Å². The molecule has 3 atom stereocenters. The minimum absolute atomic E-state index is 0.0206. The van der Waals surface area contributed by atoms with Crippen molar-refractivity contribution in [3.63, 3.8) is 0 Å². The number of hydrogen-bond donors (Lipinski definition) is 0. The topological polar surface area (TPSA) is 72.9 Å². The summed E-state index contributed by atoms with van der Waals surface area (Å²) in [5.74, 6) is 1.98. The first kappa shape index (κ1) is 22.1. The molecular formula is C22H33NO5S. The van der Waals surface area contributed by atoms with Crippen LogP contribution in [0.1, 0.15) is 45.1 Å². The Morgan fingerprint density at radius 2 is 1.86 bits per heavy atom. The molecule has 162 valence electrons. The van der Waals surface area contributed by atoms with Crippen LogP contribution in [-0.4, -0.2) is 51.5 Å². The van der Waals surface area contributed by atoms with Gasteiger partial charge in [0.2, 0.25) is 0 Å². The fourth-order valence-corrected chi connectivity index (χ4v) is 4.67. The molecule has 1 saturated heterocycles. The molecule has 6 nitrogen and oxygen atoms in total. The number of carbonyl (C=O) groups is 1. The molecular weight excluding hydrogens is 390 g/mol. The number of piperidine rings is 1. The van der Waals surface area contributed by atoms with E-state index in [2.05, 4.69) is 0 Å². The molecule has 2 aliphatic rings. The van der Waals surface area contributed by atoms with E-state index in [0.29, 0.717) is 29.3 Å². The summed E-state index contributed by atoms with van der Waals surface area (Å²) in [6.45, 7) is 6.78. The first-order valence-electron chi connectivity index (χ1n) is 10.6. The summed E-state index contributed by atoms with van der Waals surface area (Å²) < 4.78 is 34.3.